The Kier molecular flexibility index (Phi) is 3.36. The molecule has 5 heteroatoms. The molecule has 1 aromatic rings. The van der Waals surface area contributed by atoms with Crippen LogP contribution in [0.5, 0.6) is 0 Å². The third-order valence-electron chi connectivity index (χ3n) is 2.59. The van der Waals surface area contributed by atoms with E-state index in [4.69, 9.17) is 16.3 Å². The molecule has 1 unspecified atom stereocenters. The highest BCUT2D eigenvalue weighted by atomic mass is 35.5. The van der Waals surface area contributed by atoms with Gasteiger partial charge in [0.25, 0.3) is 0 Å². The second-order valence-electron chi connectivity index (χ2n) is 3.70. The topological polar surface area (TPSA) is 35.0 Å². The number of halogens is 1. The van der Waals surface area contributed by atoms with E-state index in [1.54, 1.807) is 0 Å². The lowest BCUT2D eigenvalue weighted by Gasteiger charge is -2.35. The van der Waals surface area contributed by atoms with E-state index in [1.165, 1.54) is 18.0 Å². The number of hydrogen-bond acceptors (Lipinski definition) is 4. The fourth-order valence-electron chi connectivity index (χ4n) is 1.79. The van der Waals surface area contributed by atoms with Gasteiger partial charge in [-0.05, 0) is 30.8 Å². The summed E-state index contributed by atoms with van der Waals surface area (Å²) in [7, 11) is 0. The molecule has 0 amide bonds. The van der Waals surface area contributed by atoms with E-state index in [-0.39, 0.29) is 5.60 Å². The Balaban J connectivity index is 2.04. The zero-order valence-electron chi connectivity index (χ0n) is 7.91. The zero-order valence-corrected chi connectivity index (χ0v) is 9.48. The molecule has 78 valence electrons. The van der Waals surface area contributed by atoms with E-state index >= 15 is 0 Å². The van der Waals surface area contributed by atoms with Crippen molar-refractivity contribution in [2.75, 3.05) is 12.5 Å². The van der Waals surface area contributed by atoms with Crippen LogP contribution in [0.25, 0.3) is 0 Å². The van der Waals surface area contributed by atoms with E-state index in [0.717, 1.165) is 31.6 Å². The molecule has 0 bridgehead atoms. The molecule has 0 spiro atoms. The Bertz CT molecular complexity index is 272. The van der Waals surface area contributed by atoms with Crippen LogP contribution in [0.1, 0.15) is 25.0 Å². The van der Waals surface area contributed by atoms with E-state index in [2.05, 4.69) is 9.59 Å². The first-order valence-corrected chi connectivity index (χ1v) is 6.18. The predicted octanol–water partition coefficient (Wildman–Crippen LogP) is 2.26. The van der Waals surface area contributed by atoms with Gasteiger partial charge in [-0.2, -0.15) is 0 Å². The highest BCUT2D eigenvalue weighted by molar-refractivity contribution is 7.03. The molecule has 1 fully saturated rings. The van der Waals surface area contributed by atoms with Crippen molar-refractivity contribution in [1.82, 2.24) is 9.59 Å². The molecule has 0 aromatic carbocycles. The van der Waals surface area contributed by atoms with Gasteiger partial charge in [-0.1, -0.05) is 4.49 Å². The highest BCUT2D eigenvalue weighted by Gasteiger charge is 2.33. The van der Waals surface area contributed by atoms with E-state index in [1.807, 2.05) is 5.38 Å². The van der Waals surface area contributed by atoms with Crippen molar-refractivity contribution in [2.45, 2.75) is 31.3 Å². The molecule has 14 heavy (non-hydrogen) atoms. The minimum Gasteiger partial charge on any atom is -0.373 e. The summed E-state index contributed by atoms with van der Waals surface area (Å²) in [6.45, 7) is 0.824. The smallest absolute Gasteiger partial charge is 0.0873 e. The van der Waals surface area contributed by atoms with Crippen LogP contribution >= 0.6 is 23.1 Å². The Labute approximate surface area is 92.6 Å². The normalized spacial score (nSPS) is 27.8. The number of hydrogen-bond donors (Lipinski definition) is 0. The quantitative estimate of drug-likeness (QED) is 0.750. The molecule has 0 N–H and O–H groups in total. The summed E-state index contributed by atoms with van der Waals surface area (Å²) < 4.78 is 9.64. The van der Waals surface area contributed by atoms with Gasteiger partial charge in [-0.15, -0.1) is 16.7 Å². The summed E-state index contributed by atoms with van der Waals surface area (Å²) in [6.07, 6.45) is 4.18. The molecular formula is C9H13ClN2OS. The van der Waals surface area contributed by atoms with Crippen LogP contribution in [0.15, 0.2) is 5.38 Å². The van der Waals surface area contributed by atoms with Gasteiger partial charge in [-0.25, -0.2) is 0 Å². The number of alkyl halides is 1. The van der Waals surface area contributed by atoms with E-state index in [9.17, 15) is 0 Å². The minimum absolute atomic E-state index is 0.185. The number of ether oxygens (including phenoxy) is 1. The molecule has 0 radical (unpaired) electrons. The molecule has 1 atom stereocenters. The van der Waals surface area contributed by atoms with E-state index in [0.29, 0.717) is 5.88 Å². The van der Waals surface area contributed by atoms with Crippen LogP contribution < -0.4 is 0 Å². The second-order valence-corrected chi connectivity index (χ2v) is 4.57. The monoisotopic (exact) mass is 232 g/mol. The fraction of sp³-hybridized carbons (Fsp3) is 0.778. The molecule has 2 rings (SSSR count). The highest BCUT2D eigenvalue weighted by Crippen LogP contribution is 2.29. The Morgan fingerprint density at radius 1 is 1.57 bits per heavy atom. The third kappa shape index (κ3) is 2.24. The Morgan fingerprint density at radius 2 is 2.50 bits per heavy atom. The number of rotatable bonds is 3. The van der Waals surface area contributed by atoms with Crippen LogP contribution in [-0.4, -0.2) is 27.7 Å². The van der Waals surface area contributed by atoms with Gasteiger partial charge in [-0.3, -0.25) is 0 Å². The molecule has 1 aromatic heterocycles. The molecule has 0 aliphatic carbocycles. The largest absolute Gasteiger partial charge is 0.373 e. The maximum absolute atomic E-state index is 5.98. The first kappa shape index (κ1) is 10.3. The minimum atomic E-state index is -0.185. The van der Waals surface area contributed by atoms with Gasteiger partial charge in [0.2, 0.25) is 0 Å². The molecule has 1 aliphatic rings. The maximum atomic E-state index is 5.98. The van der Waals surface area contributed by atoms with Gasteiger partial charge in [0.1, 0.15) is 0 Å². The van der Waals surface area contributed by atoms with Crippen molar-refractivity contribution in [3.05, 3.63) is 11.1 Å². The first-order valence-electron chi connectivity index (χ1n) is 4.80. The third-order valence-corrected chi connectivity index (χ3v) is 3.63. The van der Waals surface area contributed by atoms with Crippen LogP contribution in [0.3, 0.4) is 0 Å². The van der Waals surface area contributed by atoms with Gasteiger partial charge in [0.15, 0.2) is 0 Å². The lowest BCUT2D eigenvalue weighted by molar-refractivity contribution is -0.0621. The molecule has 1 saturated heterocycles. The summed E-state index contributed by atoms with van der Waals surface area (Å²) in [4.78, 5) is 0. The summed E-state index contributed by atoms with van der Waals surface area (Å²) in [5.41, 5.74) is 0.813. The Hall–Kier alpha value is -0.190. The summed E-state index contributed by atoms with van der Waals surface area (Å²) >= 11 is 7.36. The van der Waals surface area contributed by atoms with Crippen molar-refractivity contribution >= 4 is 23.1 Å². The van der Waals surface area contributed by atoms with Crippen molar-refractivity contribution in [2.24, 2.45) is 0 Å². The summed E-state index contributed by atoms with van der Waals surface area (Å²) in [5, 5.41) is 6.00. The first-order chi connectivity index (χ1) is 6.85. The second kappa shape index (κ2) is 4.55. The SMILES string of the molecule is ClCC1(Cc2csnn2)CCCCO1. The van der Waals surface area contributed by atoms with Crippen LogP contribution in [-0.2, 0) is 11.2 Å². The van der Waals surface area contributed by atoms with Crippen LogP contribution in [0.4, 0.5) is 0 Å². The number of aromatic nitrogens is 2. The predicted molar refractivity (Wildman–Crippen MR) is 56.9 cm³/mol. The van der Waals surface area contributed by atoms with Crippen LogP contribution in [0.2, 0.25) is 0 Å². The van der Waals surface area contributed by atoms with Gasteiger partial charge >= 0.3 is 0 Å². The average Bonchev–Trinajstić information content (AvgIpc) is 2.72. The van der Waals surface area contributed by atoms with Crippen LogP contribution in [0, 0.1) is 0 Å². The van der Waals surface area contributed by atoms with Gasteiger partial charge < -0.3 is 4.74 Å². The average molecular weight is 233 g/mol. The van der Waals surface area contributed by atoms with Gasteiger partial charge in [0.05, 0.1) is 17.2 Å². The lowest BCUT2D eigenvalue weighted by atomic mass is 9.91. The molecule has 0 saturated carbocycles. The molecular weight excluding hydrogens is 220 g/mol. The fourth-order valence-corrected chi connectivity index (χ4v) is 2.55. The van der Waals surface area contributed by atoms with Gasteiger partial charge in [0, 0.05) is 18.4 Å². The Morgan fingerprint density at radius 3 is 3.07 bits per heavy atom. The van der Waals surface area contributed by atoms with Crippen molar-refractivity contribution in [3.8, 4) is 0 Å². The molecule has 3 nitrogen and oxygen atoms in total. The zero-order chi connectivity index (χ0) is 9.86. The number of nitrogens with zero attached hydrogens (tertiary/aromatic N) is 2. The molecule has 2 heterocycles. The maximum Gasteiger partial charge on any atom is 0.0873 e. The van der Waals surface area contributed by atoms with E-state index < -0.39 is 0 Å². The lowest BCUT2D eigenvalue weighted by Crippen LogP contribution is -2.40. The summed E-state index contributed by atoms with van der Waals surface area (Å²) in [6, 6.07) is 0. The van der Waals surface area contributed by atoms with Crippen molar-refractivity contribution in [3.63, 3.8) is 0 Å². The summed E-state index contributed by atoms with van der Waals surface area (Å²) in [5.74, 6) is 0.546. The molecule has 1 aliphatic heterocycles. The standard InChI is InChI=1S/C9H13ClN2OS/c10-7-9(3-1-2-4-13-9)5-8-6-14-12-11-8/h6H,1-5,7H2. The van der Waals surface area contributed by atoms with Crippen molar-refractivity contribution < 1.29 is 4.74 Å². The van der Waals surface area contributed by atoms with Crippen molar-refractivity contribution in [1.29, 1.82) is 0 Å².